The third kappa shape index (κ3) is 5.78. The van der Waals surface area contributed by atoms with Gasteiger partial charge < -0.3 is 4.90 Å². The molecule has 4 rings (SSSR count). The number of hydrogen-bond acceptors (Lipinski definition) is 2. The Hall–Kier alpha value is -1.41. The summed E-state index contributed by atoms with van der Waals surface area (Å²) in [6.45, 7) is 2.64. The zero-order valence-corrected chi connectivity index (χ0v) is 17.4. The van der Waals surface area contributed by atoms with Gasteiger partial charge in [-0.05, 0) is 70.1 Å². The summed E-state index contributed by atoms with van der Waals surface area (Å²) >= 11 is 0. The molecule has 0 unspecified atom stereocenters. The van der Waals surface area contributed by atoms with Crippen LogP contribution in [0, 0.1) is 0 Å². The molecular formula is C23H33N2OP. The molecule has 0 aromatic heterocycles. The van der Waals surface area contributed by atoms with E-state index in [4.69, 9.17) is 0 Å². The van der Waals surface area contributed by atoms with Crippen LogP contribution in [0.2, 0.25) is 0 Å². The van der Waals surface area contributed by atoms with Gasteiger partial charge in [-0.3, -0.25) is 9.65 Å². The van der Waals surface area contributed by atoms with E-state index >= 15 is 0 Å². The summed E-state index contributed by atoms with van der Waals surface area (Å²) in [6.07, 6.45) is 8.86. The first-order valence-electron chi connectivity index (χ1n) is 10.4. The Morgan fingerprint density at radius 2 is 1.26 bits per heavy atom. The SMILES string of the molecule is CN1CCCC1.O=P(NC1CCCCC1)(c1ccccc1)c1ccccc1. The summed E-state index contributed by atoms with van der Waals surface area (Å²) in [6, 6.07) is 20.1. The second kappa shape index (κ2) is 10.2. The molecule has 0 atom stereocenters. The minimum absolute atomic E-state index is 0.366. The van der Waals surface area contributed by atoms with Crippen molar-refractivity contribution in [2.45, 2.75) is 51.0 Å². The first-order valence-corrected chi connectivity index (χ1v) is 12.1. The van der Waals surface area contributed by atoms with Crippen LogP contribution < -0.4 is 15.7 Å². The lowest BCUT2D eigenvalue weighted by molar-refractivity contribution is 0.414. The third-order valence-corrected chi connectivity index (χ3v) is 8.32. The van der Waals surface area contributed by atoms with Crippen molar-refractivity contribution in [2.24, 2.45) is 0 Å². The van der Waals surface area contributed by atoms with Gasteiger partial charge in [0.2, 0.25) is 7.29 Å². The largest absolute Gasteiger partial charge is 0.306 e. The molecule has 1 heterocycles. The Bertz CT molecular complexity index is 664. The molecule has 0 radical (unpaired) electrons. The van der Waals surface area contributed by atoms with E-state index in [1.807, 2.05) is 60.7 Å². The predicted octanol–water partition coefficient (Wildman–Crippen LogP) is 4.55. The Morgan fingerprint density at radius 1 is 0.778 bits per heavy atom. The Morgan fingerprint density at radius 3 is 1.67 bits per heavy atom. The lowest BCUT2D eigenvalue weighted by Gasteiger charge is -2.29. The normalized spacial score (nSPS) is 18.7. The second-order valence-electron chi connectivity index (χ2n) is 7.75. The van der Waals surface area contributed by atoms with Gasteiger partial charge in [-0.15, -0.1) is 0 Å². The Labute approximate surface area is 164 Å². The van der Waals surface area contributed by atoms with Crippen molar-refractivity contribution < 1.29 is 4.57 Å². The molecule has 3 nitrogen and oxygen atoms in total. The van der Waals surface area contributed by atoms with Crippen LogP contribution in [0.1, 0.15) is 44.9 Å². The van der Waals surface area contributed by atoms with E-state index in [0.29, 0.717) is 6.04 Å². The molecule has 0 bridgehead atoms. The van der Waals surface area contributed by atoms with Gasteiger partial charge in [0.15, 0.2) is 0 Å². The van der Waals surface area contributed by atoms with Gasteiger partial charge in [-0.2, -0.15) is 0 Å². The first-order chi connectivity index (χ1) is 13.2. The first kappa shape index (κ1) is 20.3. The van der Waals surface area contributed by atoms with Crippen LogP contribution in [-0.4, -0.2) is 31.1 Å². The molecule has 2 fully saturated rings. The summed E-state index contributed by atoms with van der Waals surface area (Å²) in [5, 5.41) is 5.33. The monoisotopic (exact) mass is 384 g/mol. The quantitative estimate of drug-likeness (QED) is 0.785. The number of hydrogen-bond donors (Lipinski definition) is 1. The highest BCUT2D eigenvalue weighted by molar-refractivity contribution is 7.76. The molecule has 0 amide bonds. The van der Waals surface area contributed by atoms with E-state index < -0.39 is 7.29 Å². The maximum absolute atomic E-state index is 13.8. The van der Waals surface area contributed by atoms with E-state index in [9.17, 15) is 4.57 Å². The van der Waals surface area contributed by atoms with Crippen molar-refractivity contribution in [1.29, 1.82) is 0 Å². The van der Waals surface area contributed by atoms with Crippen molar-refractivity contribution in [1.82, 2.24) is 9.99 Å². The summed E-state index contributed by atoms with van der Waals surface area (Å²) in [4.78, 5) is 2.36. The van der Waals surface area contributed by atoms with Gasteiger partial charge in [0.25, 0.3) is 0 Å². The summed E-state index contributed by atoms with van der Waals surface area (Å²) in [5.41, 5.74) is 0. The zero-order chi connectivity index (χ0) is 19.0. The van der Waals surface area contributed by atoms with Gasteiger partial charge >= 0.3 is 0 Å². The van der Waals surface area contributed by atoms with Gasteiger partial charge in [-0.1, -0.05) is 55.7 Å². The Balaban J connectivity index is 0.000000299. The topological polar surface area (TPSA) is 32.3 Å². The number of benzene rings is 2. The molecular weight excluding hydrogens is 351 g/mol. The lowest BCUT2D eigenvalue weighted by atomic mass is 9.96. The standard InChI is InChI=1S/C18H22NOP.C5H11N/c20-21(17-12-6-2-7-13-17,18-14-8-3-9-15-18)19-16-10-4-1-5-11-16;1-6-4-2-3-5-6/h2-3,6-9,12-16H,1,4-5,10-11H2,(H,19,20);2-5H2,1H3. The number of nitrogens with zero attached hydrogens (tertiary/aromatic N) is 1. The molecule has 1 aliphatic carbocycles. The summed E-state index contributed by atoms with van der Waals surface area (Å²) < 4.78 is 13.8. The molecule has 0 spiro atoms. The van der Waals surface area contributed by atoms with Crippen molar-refractivity contribution in [3.05, 3.63) is 60.7 Å². The number of likely N-dealkylation sites (tertiary alicyclic amines) is 1. The van der Waals surface area contributed by atoms with E-state index in [-0.39, 0.29) is 0 Å². The highest BCUT2D eigenvalue weighted by Crippen LogP contribution is 2.40. The van der Waals surface area contributed by atoms with Crippen molar-refractivity contribution in [2.75, 3.05) is 20.1 Å². The number of nitrogens with one attached hydrogen (secondary N) is 1. The molecule has 4 heteroatoms. The van der Waals surface area contributed by atoms with E-state index in [1.165, 1.54) is 45.2 Å². The van der Waals surface area contributed by atoms with Crippen LogP contribution >= 0.6 is 7.29 Å². The molecule has 27 heavy (non-hydrogen) atoms. The lowest BCUT2D eigenvalue weighted by Crippen LogP contribution is -2.36. The predicted molar refractivity (Wildman–Crippen MR) is 116 cm³/mol. The van der Waals surface area contributed by atoms with Crippen LogP contribution in [0.3, 0.4) is 0 Å². The highest BCUT2D eigenvalue weighted by Gasteiger charge is 2.30. The van der Waals surface area contributed by atoms with Gasteiger partial charge in [0, 0.05) is 16.7 Å². The Kier molecular flexibility index (Phi) is 7.70. The van der Waals surface area contributed by atoms with Crippen LogP contribution in [0.4, 0.5) is 0 Å². The van der Waals surface area contributed by atoms with Gasteiger partial charge in [-0.25, -0.2) is 0 Å². The van der Waals surface area contributed by atoms with E-state index in [1.54, 1.807) is 0 Å². The van der Waals surface area contributed by atoms with Gasteiger partial charge in [0.1, 0.15) is 0 Å². The van der Waals surface area contributed by atoms with Crippen molar-refractivity contribution >= 4 is 17.9 Å². The fourth-order valence-corrected chi connectivity index (χ4v) is 6.49. The average molecular weight is 385 g/mol. The smallest absolute Gasteiger partial charge is 0.204 e. The maximum Gasteiger partial charge on any atom is 0.204 e. The summed E-state index contributed by atoms with van der Waals surface area (Å²) in [5.74, 6) is 0. The molecule has 2 aromatic carbocycles. The number of rotatable bonds is 4. The van der Waals surface area contributed by atoms with Crippen molar-refractivity contribution in [3.8, 4) is 0 Å². The minimum Gasteiger partial charge on any atom is -0.306 e. The summed E-state index contributed by atoms with van der Waals surface area (Å²) in [7, 11) is -0.569. The molecule has 1 N–H and O–H groups in total. The molecule has 1 saturated heterocycles. The average Bonchev–Trinajstić information content (AvgIpc) is 3.21. The molecule has 1 aliphatic heterocycles. The third-order valence-electron chi connectivity index (χ3n) is 5.54. The maximum atomic E-state index is 13.8. The second-order valence-corrected chi connectivity index (χ2v) is 10.3. The van der Waals surface area contributed by atoms with E-state index in [2.05, 4.69) is 17.0 Å². The molecule has 1 saturated carbocycles. The molecule has 2 aliphatic rings. The van der Waals surface area contributed by atoms with Crippen LogP contribution in [0.25, 0.3) is 0 Å². The fourth-order valence-electron chi connectivity index (χ4n) is 3.94. The fraction of sp³-hybridized carbons (Fsp3) is 0.478. The minimum atomic E-state index is -2.74. The van der Waals surface area contributed by atoms with Crippen LogP contribution in [-0.2, 0) is 4.57 Å². The van der Waals surface area contributed by atoms with Crippen LogP contribution in [0.15, 0.2) is 60.7 Å². The van der Waals surface area contributed by atoms with Crippen molar-refractivity contribution in [3.63, 3.8) is 0 Å². The highest BCUT2D eigenvalue weighted by atomic mass is 31.2. The van der Waals surface area contributed by atoms with E-state index in [0.717, 1.165) is 23.5 Å². The molecule has 2 aromatic rings. The molecule has 146 valence electrons. The zero-order valence-electron chi connectivity index (χ0n) is 16.5. The van der Waals surface area contributed by atoms with Gasteiger partial charge in [0.05, 0.1) is 0 Å². The van der Waals surface area contributed by atoms with Crippen LogP contribution in [0.5, 0.6) is 0 Å².